The fourth-order valence-electron chi connectivity index (χ4n) is 5.40. The fourth-order valence-corrected chi connectivity index (χ4v) is 5.40. The van der Waals surface area contributed by atoms with Crippen LogP contribution >= 0.6 is 0 Å². The Morgan fingerprint density at radius 1 is 1.14 bits per heavy atom. The quantitative estimate of drug-likeness (QED) is 0.364. The molecule has 2 bridgehead atoms. The average Bonchev–Trinajstić information content (AvgIpc) is 3.39. The summed E-state index contributed by atoms with van der Waals surface area (Å²) in [4.78, 5) is 27.0. The van der Waals surface area contributed by atoms with Crippen LogP contribution in [0.25, 0.3) is 5.82 Å². The molecule has 10 nitrogen and oxygen atoms in total. The van der Waals surface area contributed by atoms with Gasteiger partial charge in [-0.2, -0.15) is 10.2 Å². The van der Waals surface area contributed by atoms with Gasteiger partial charge in [0.05, 0.1) is 23.9 Å². The minimum Gasteiger partial charge on any atom is -0.349 e. The SMILES string of the molecule is Cc1cc(Nc2cc(C)[nH]n2)nc(C23CC(C(=O)NC(C)c4ccc(-n5cc(F)cn5)nc4)(C2)C3)n1. The molecule has 3 aliphatic rings. The lowest BCUT2D eigenvalue weighted by molar-refractivity contribution is -0.178. The number of nitrogens with zero attached hydrogens (tertiary/aromatic N) is 6. The molecular weight excluding hydrogens is 461 g/mol. The first-order valence-electron chi connectivity index (χ1n) is 11.9. The van der Waals surface area contributed by atoms with Crippen LogP contribution in [0.4, 0.5) is 16.0 Å². The summed E-state index contributed by atoms with van der Waals surface area (Å²) in [5.41, 5.74) is 2.19. The molecule has 7 rings (SSSR count). The largest absolute Gasteiger partial charge is 0.349 e. The molecule has 3 fully saturated rings. The van der Waals surface area contributed by atoms with Gasteiger partial charge in [0.1, 0.15) is 11.6 Å². The molecule has 0 aromatic carbocycles. The van der Waals surface area contributed by atoms with Crippen LogP contribution in [-0.2, 0) is 10.2 Å². The van der Waals surface area contributed by atoms with Crippen molar-refractivity contribution in [3.05, 3.63) is 71.4 Å². The number of carbonyl (C=O) groups excluding carboxylic acids is 1. The van der Waals surface area contributed by atoms with E-state index in [1.807, 2.05) is 39.0 Å². The predicted molar refractivity (Wildman–Crippen MR) is 129 cm³/mol. The molecule has 1 unspecified atom stereocenters. The average molecular weight is 488 g/mol. The summed E-state index contributed by atoms with van der Waals surface area (Å²) in [6.07, 6.45) is 6.30. The highest BCUT2D eigenvalue weighted by Crippen LogP contribution is 2.73. The Morgan fingerprint density at radius 3 is 2.58 bits per heavy atom. The fraction of sp³-hybridized carbons (Fsp3) is 0.360. The Balaban J connectivity index is 1.09. The second kappa shape index (κ2) is 7.94. The number of aromatic nitrogens is 7. The van der Waals surface area contributed by atoms with Crippen molar-refractivity contribution >= 4 is 17.5 Å². The molecule has 11 heteroatoms. The number of aromatic amines is 1. The van der Waals surface area contributed by atoms with Crippen LogP contribution in [0.5, 0.6) is 0 Å². The summed E-state index contributed by atoms with van der Waals surface area (Å²) in [5, 5.41) is 17.4. The molecule has 0 radical (unpaired) electrons. The Bertz CT molecular complexity index is 1440. The van der Waals surface area contributed by atoms with Gasteiger partial charge in [0.25, 0.3) is 0 Å². The van der Waals surface area contributed by atoms with Crippen LogP contribution < -0.4 is 10.6 Å². The van der Waals surface area contributed by atoms with Crippen LogP contribution in [0.1, 0.15) is 55.0 Å². The lowest BCUT2D eigenvalue weighted by Crippen LogP contribution is -2.70. The first kappa shape index (κ1) is 22.3. The van der Waals surface area contributed by atoms with E-state index in [1.165, 1.54) is 10.9 Å². The van der Waals surface area contributed by atoms with E-state index in [1.54, 1.807) is 12.3 Å². The molecular formula is C25H26FN9O. The number of hydrogen-bond donors (Lipinski definition) is 3. The van der Waals surface area contributed by atoms with E-state index in [0.29, 0.717) is 17.5 Å². The highest BCUT2D eigenvalue weighted by Gasteiger charge is 2.73. The summed E-state index contributed by atoms with van der Waals surface area (Å²) in [5.74, 6) is 2.34. The van der Waals surface area contributed by atoms with E-state index < -0.39 is 5.82 Å². The van der Waals surface area contributed by atoms with Gasteiger partial charge in [0.2, 0.25) is 5.91 Å². The van der Waals surface area contributed by atoms with E-state index >= 15 is 0 Å². The van der Waals surface area contributed by atoms with Crippen LogP contribution in [0.15, 0.2) is 42.9 Å². The van der Waals surface area contributed by atoms with E-state index in [-0.39, 0.29) is 22.8 Å². The zero-order valence-electron chi connectivity index (χ0n) is 20.2. The summed E-state index contributed by atoms with van der Waals surface area (Å²) in [6, 6.07) is 7.23. The summed E-state index contributed by atoms with van der Waals surface area (Å²) >= 11 is 0. The van der Waals surface area contributed by atoms with Crippen molar-refractivity contribution in [2.24, 2.45) is 5.41 Å². The molecule has 3 N–H and O–H groups in total. The number of H-pyrrole nitrogens is 1. The Kier molecular flexibility index (Phi) is 4.92. The van der Waals surface area contributed by atoms with Crippen LogP contribution in [0, 0.1) is 25.1 Å². The number of halogens is 1. The van der Waals surface area contributed by atoms with Crippen molar-refractivity contribution in [2.45, 2.75) is 51.5 Å². The Hall–Kier alpha value is -4.15. The monoisotopic (exact) mass is 487 g/mol. The molecule has 0 aliphatic heterocycles. The van der Waals surface area contributed by atoms with Crippen molar-refractivity contribution in [1.82, 2.24) is 40.2 Å². The number of rotatable bonds is 7. The molecule has 3 saturated carbocycles. The van der Waals surface area contributed by atoms with E-state index in [0.717, 1.165) is 48.2 Å². The van der Waals surface area contributed by atoms with E-state index in [2.05, 4.69) is 30.9 Å². The molecule has 3 aliphatic carbocycles. The Morgan fingerprint density at radius 2 is 1.94 bits per heavy atom. The zero-order valence-corrected chi connectivity index (χ0v) is 20.2. The van der Waals surface area contributed by atoms with Crippen LogP contribution in [0.3, 0.4) is 0 Å². The van der Waals surface area contributed by atoms with Gasteiger partial charge in [-0.05, 0) is 51.7 Å². The molecule has 0 saturated heterocycles. The minimum atomic E-state index is -0.422. The molecule has 4 aromatic rings. The number of hydrogen-bond acceptors (Lipinski definition) is 7. The highest BCUT2D eigenvalue weighted by atomic mass is 19.1. The third kappa shape index (κ3) is 3.71. The maximum atomic E-state index is 13.2. The molecule has 184 valence electrons. The van der Waals surface area contributed by atoms with Gasteiger partial charge in [-0.3, -0.25) is 9.89 Å². The molecule has 1 atom stereocenters. The third-order valence-corrected chi connectivity index (χ3v) is 7.21. The lowest BCUT2D eigenvalue weighted by Gasteiger charge is -2.68. The number of amides is 1. The van der Waals surface area contributed by atoms with Crippen LogP contribution in [0.2, 0.25) is 0 Å². The van der Waals surface area contributed by atoms with Crippen molar-refractivity contribution in [3.8, 4) is 5.82 Å². The Labute approximate surface area is 206 Å². The van der Waals surface area contributed by atoms with Gasteiger partial charge in [0.15, 0.2) is 17.5 Å². The number of anilines is 2. The van der Waals surface area contributed by atoms with Crippen LogP contribution in [-0.4, -0.2) is 40.8 Å². The van der Waals surface area contributed by atoms with E-state index in [9.17, 15) is 9.18 Å². The van der Waals surface area contributed by atoms with Gasteiger partial charge < -0.3 is 10.6 Å². The second-order valence-corrected chi connectivity index (χ2v) is 10.1. The first-order chi connectivity index (χ1) is 17.2. The zero-order chi connectivity index (χ0) is 25.1. The lowest BCUT2D eigenvalue weighted by atomic mass is 9.34. The van der Waals surface area contributed by atoms with Gasteiger partial charge in [0, 0.05) is 35.1 Å². The highest BCUT2D eigenvalue weighted by molar-refractivity contribution is 5.87. The summed E-state index contributed by atoms with van der Waals surface area (Å²) in [6.45, 7) is 5.82. The van der Waals surface area contributed by atoms with E-state index in [4.69, 9.17) is 9.97 Å². The number of carbonyl (C=O) groups is 1. The van der Waals surface area contributed by atoms with Gasteiger partial charge in [-0.25, -0.2) is 24.0 Å². The normalized spacial score (nSPS) is 22.9. The predicted octanol–water partition coefficient (Wildman–Crippen LogP) is 3.58. The molecule has 4 heterocycles. The van der Waals surface area contributed by atoms with Crippen molar-refractivity contribution in [1.29, 1.82) is 0 Å². The maximum absolute atomic E-state index is 13.2. The molecule has 36 heavy (non-hydrogen) atoms. The number of nitrogens with one attached hydrogen (secondary N) is 3. The maximum Gasteiger partial charge on any atom is 0.226 e. The standard InChI is InChI=1S/C25H26FN9O/c1-14-6-19(31-20-7-15(2)33-34-20)32-22(29-14)24-11-25(12-24,13-24)23(36)30-16(3)17-4-5-21(27-8-17)35-10-18(26)9-28-35/h4-10,16H,11-13H2,1-3H3,(H,30,36)(H2,29,31,32,33,34). The number of pyridine rings is 1. The summed E-state index contributed by atoms with van der Waals surface area (Å²) in [7, 11) is 0. The second-order valence-electron chi connectivity index (χ2n) is 10.1. The van der Waals surface area contributed by atoms with Crippen molar-refractivity contribution in [2.75, 3.05) is 5.32 Å². The number of aryl methyl sites for hydroxylation is 2. The molecule has 4 aromatic heterocycles. The smallest absolute Gasteiger partial charge is 0.226 e. The van der Waals surface area contributed by atoms with Gasteiger partial charge in [-0.1, -0.05) is 6.07 Å². The van der Waals surface area contributed by atoms with Gasteiger partial charge in [-0.15, -0.1) is 0 Å². The van der Waals surface area contributed by atoms with Gasteiger partial charge >= 0.3 is 0 Å². The molecule has 1 amide bonds. The van der Waals surface area contributed by atoms with Crippen molar-refractivity contribution < 1.29 is 9.18 Å². The molecule has 0 spiro atoms. The minimum absolute atomic E-state index is 0.0492. The third-order valence-electron chi connectivity index (χ3n) is 7.21. The summed E-state index contributed by atoms with van der Waals surface area (Å²) < 4.78 is 14.6. The first-order valence-corrected chi connectivity index (χ1v) is 11.9. The van der Waals surface area contributed by atoms with Crippen molar-refractivity contribution in [3.63, 3.8) is 0 Å². The topological polar surface area (TPSA) is 126 Å².